The van der Waals surface area contributed by atoms with E-state index >= 15 is 0 Å². The molecule has 0 radical (unpaired) electrons. The molecule has 1 N–H and O–H groups in total. The number of aromatic nitrogens is 1. The van der Waals surface area contributed by atoms with Crippen LogP contribution in [0.15, 0.2) is 22.6 Å². The third-order valence-corrected chi connectivity index (χ3v) is 3.87. The Morgan fingerprint density at radius 1 is 1.32 bits per heavy atom. The first-order chi connectivity index (χ1) is 9.22. The largest absolute Gasteiger partial charge is 0.478 e. The summed E-state index contributed by atoms with van der Waals surface area (Å²) in [4.78, 5) is 15.4. The Balaban J connectivity index is 1.82. The lowest BCUT2D eigenvalue weighted by Crippen LogP contribution is -2.09. The molecule has 0 spiro atoms. The highest BCUT2D eigenvalue weighted by Crippen LogP contribution is 2.28. The van der Waals surface area contributed by atoms with Crippen LogP contribution in [0.1, 0.15) is 48.4 Å². The van der Waals surface area contributed by atoms with Crippen LogP contribution in [-0.4, -0.2) is 16.1 Å². The fourth-order valence-electron chi connectivity index (χ4n) is 2.83. The van der Waals surface area contributed by atoms with Gasteiger partial charge in [-0.1, -0.05) is 19.3 Å². The molecule has 1 aromatic heterocycles. The van der Waals surface area contributed by atoms with Crippen LogP contribution in [0, 0.1) is 5.92 Å². The molecule has 1 aliphatic rings. The first kappa shape index (κ1) is 12.2. The molecule has 19 heavy (non-hydrogen) atoms. The summed E-state index contributed by atoms with van der Waals surface area (Å²) in [6.07, 6.45) is 7.31. The summed E-state index contributed by atoms with van der Waals surface area (Å²) in [7, 11) is 0. The normalized spacial score (nSPS) is 16.8. The van der Waals surface area contributed by atoms with Crippen molar-refractivity contribution >= 4 is 17.1 Å². The van der Waals surface area contributed by atoms with Gasteiger partial charge in [0, 0.05) is 6.42 Å². The summed E-state index contributed by atoms with van der Waals surface area (Å²) in [6, 6.07) is 4.83. The van der Waals surface area contributed by atoms with Crippen molar-refractivity contribution in [2.75, 3.05) is 0 Å². The summed E-state index contributed by atoms with van der Waals surface area (Å²) in [5.41, 5.74) is 1.56. The second-order valence-electron chi connectivity index (χ2n) is 5.30. The molecule has 0 amide bonds. The van der Waals surface area contributed by atoms with Gasteiger partial charge >= 0.3 is 5.97 Å². The Bertz CT molecular complexity index is 596. The van der Waals surface area contributed by atoms with Gasteiger partial charge < -0.3 is 9.52 Å². The molecule has 1 aromatic carbocycles. The Hall–Kier alpha value is -1.84. The highest BCUT2D eigenvalue weighted by atomic mass is 16.4. The van der Waals surface area contributed by atoms with Crippen molar-refractivity contribution in [1.82, 2.24) is 4.98 Å². The first-order valence-electron chi connectivity index (χ1n) is 6.85. The molecule has 1 fully saturated rings. The highest BCUT2D eigenvalue weighted by Gasteiger charge is 2.17. The lowest BCUT2D eigenvalue weighted by atomic mass is 9.87. The second kappa shape index (κ2) is 5.03. The number of fused-ring (bicyclic) bond motifs is 1. The predicted octanol–water partition coefficient (Wildman–Crippen LogP) is 3.65. The van der Waals surface area contributed by atoms with Gasteiger partial charge in [0.05, 0.1) is 5.56 Å². The average molecular weight is 259 g/mol. The van der Waals surface area contributed by atoms with E-state index < -0.39 is 5.97 Å². The average Bonchev–Trinajstić information content (AvgIpc) is 2.80. The van der Waals surface area contributed by atoms with Gasteiger partial charge in [-0.05, 0) is 37.0 Å². The van der Waals surface area contributed by atoms with Crippen LogP contribution in [0.4, 0.5) is 0 Å². The van der Waals surface area contributed by atoms with Gasteiger partial charge in [-0.15, -0.1) is 0 Å². The molecule has 2 aromatic rings. The van der Waals surface area contributed by atoms with Crippen LogP contribution in [0.5, 0.6) is 0 Å². The molecule has 0 bridgehead atoms. The van der Waals surface area contributed by atoms with Gasteiger partial charge in [0.2, 0.25) is 0 Å². The quantitative estimate of drug-likeness (QED) is 0.913. The maximum Gasteiger partial charge on any atom is 0.335 e. The number of hydrogen-bond acceptors (Lipinski definition) is 3. The lowest BCUT2D eigenvalue weighted by Gasteiger charge is -2.19. The van der Waals surface area contributed by atoms with Crippen LogP contribution >= 0.6 is 0 Å². The SMILES string of the molecule is O=C(O)c1ccc2nc(CC3CCCCC3)oc2c1. The van der Waals surface area contributed by atoms with E-state index in [2.05, 4.69) is 4.98 Å². The lowest BCUT2D eigenvalue weighted by molar-refractivity contribution is 0.0697. The zero-order valence-corrected chi connectivity index (χ0v) is 10.8. The summed E-state index contributed by atoms with van der Waals surface area (Å²) in [5, 5.41) is 8.95. The molecule has 4 heteroatoms. The third-order valence-electron chi connectivity index (χ3n) is 3.87. The molecule has 3 rings (SSSR count). The van der Waals surface area contributed by atoms with Gasteiger partial charge in [0.25, 0.3) is 0 Å². The molecule has 0 atom stereocenters. The van der Waals surface area contributed by atoms with Crippen molar-refractivity contribution in [2.45, 2.75) is 38.5 Å². The van der Waals surface area contributed by atoms with Crippen molar-refractivity contribution in [2.24, 2.45) is 5.92 Å². The van der Waals surface area contributed by atoms with E-state index in [4.69, 9.17) is 9.52 Å². The van der Waals surface area contributed by atoms with Gasteiger partial charge in [-0.25, -0.2) is 9.78 Å². The van der Waals surface area contributed by atoms with E-state index in [1.165, 1.54) is 32.1 Å². The number of benzene rings is 1. The van der Waals surface area contributed by atoms with E-state index in [1.54, 1.807) is 18.2 Å². The molecule has 0 saturated heterocycles. The first-order valence-corrected chi connectivity index (χ1v) is 6.85. The predicted molar refractivity (Wildman–Crippen MR) is 71.2 cm³/mol. The van der Waals surface area contributed by atoms with Crippen LogP contribution in [-0.2, 0) is 6.42 Å². The molecule has 0 unspecified atom stereocenters. The summed E-state index contributed by atoms with van der Waals surface area (Å²) in [5.74, 6) is 0.470. The van der Waals surface area contributed by atoms with Crippen molar-refractivity contribution in [1.29, 1.82) is 0 Å². The van der Waals surface area contributed by atoms with Gasteiger partial charge in [0.1, 0.15) is 5.52 Å². The smallest absolute Gasteiger partial charge is 0.335 e. The summed E-state index contributed by atoms with van der Waals surface area (Å²) >= 11 is 0. The molecule has 100 valence electrons. The summed E-state index contributed by atoms with van der Waals surface area (Å²) in [6.45, 7) is 0. The molecule has 1 aliphatic carbocycles. The fourth-order valence-corrected chi connectivity index (χ4v) is 2.83. The number of hydrogen-bond donors (Lipinski definition) is 1. The monoisotopic (exact) mass is 259 g/mol. The van der Waals surface area contributed by atoms with Crippen molar-refractivity contribution < 1.29 is 14.3 Å². The van der Waals surface area contributed by atoms with Crippen LogP contribution in [0.3, 0.4) is 0 Å². The van der Waals surface area contributed by atoms with Crippen LogP contribution < -0.4 is 0 Å². The number of rotatable bonds is 3. The van der Waals surface area contributed by atoms with Gasteiger partial charge in [0.15, 0.2) is 11.5 Å². The second-order valence-corrected chi connectivity index (χ2v) is 5.30. The third kappa shape index (κ3) is 2.62. The molecular formula is C15H17NO3. The minimum atomic E-state index is -0.938. The van der Waals surface area contributed by atoms with E-state index in [1.807, 2.05) is 0 Å². The van der Waals surface area contributed by atoms with Crippen LogP contribution in [0.25, 0.3) is 11.1 Å². The maximum atomic E-state index is 10.9. The van der Waals surface area contributed by atoms with Gasteiger partial charge in [-0.2, -0.15) is 0 Å². The number of aromatic carboxylic acids is 1. The van der Waals surface area contributed by atoms with E-state index in [0.29, 0.717) is 11.5 Å². The number of carboxylic acid groups (broad SMARTS) is 1. The van der Waals surface area contributed by atoms with E-state index in [9.17, 15) is 4.79 Å². The Morgan fingerprint density at radius 2 is 2.11 bits per heavy atom. The molecule has 1 saturated carbocycles. The van der Waals surface area contributed by atoms with E-state index in [0.717, 1.165) is 17.8 Å². The Kier molecular flexibility index (Phi) is 3.23. The number of nitrogens with zero attached hydrogens (tertiary/aromatic N) is 1. The zero-order chi connectivity index (χ0) is 13.2. The number of carboxylic acids is 1. The zero-order valence-electron chi connectivity index (χ0n) is 10.8. The van der Waals surface area contributed by atoms with E-state index in [-0.39, 0.29) is 5.56 Å². The number of carbonyl (C=O) groups is 1. The Labute approximate surface area is 111 Å². The molecule has 1 heterocycles. The Morgan fingerprint density at radius 3 is 2.84 bits per heavy atom. The van der Waals surface area contributed by atoms with Crippen molar-refractivity contribution in [3.05, 3.63) is 29.7 Å². The summed E-state index contributed by atoms with van der Waals surface area (Å²) < 4.78 is 5.69. The van der Waals surface area contributed by atoms with Crippen molar-refractivity contribution in [3.8, 4) is 0 Å². The van der Waals surface area contributed by atoms with Crippen molar-refractivity contribution in [3.63, 3.8) is 0 Å². The molecule has 4 nitrogen and oxygen atoms in total. The number of oxazole rings is 1. The fraction of sp³-hybridized carbons (Fsp3) is 0.467. The van der Waals surface area contributed by atoms with Crippen LogP contribution in [0.2, 0.25) is 0 Å². The maximum absolute atomic E-state index is 10.9. The standard InChI is InChI=1S/C15H17NO3/c17-15(18)11-6-7-12-13(9-11)19-14(16-12)8-10-4-2-1-3-5-10/h6-7,9-10H,1-5,8H2,(H,17,18). The minimum absolute atomic E-state index is 0.243. The van der Waals surface area contributed by atoms with Gasteiger partial charge in [-0.3, -0.25) is 0 Å². The molecular weight excluding hydrogens is 242 g/mol. The molecule has 0 aliphatic heterocycles. The highest BCUT2D eigenvalue weighted by molar-refractivity contribution is 5.91. The minimum Gasteiger partial charge on any atom is -0.478 e. The topological polar surface area (TPSA) is 63.3 Å².